The lowest BCUT2D eigenvalue weighted by atomic mass is 10.1. The van der Waals surface area contributed by atoms with Gasteiger partial charge in [0.1, 0.15) is 5.75 Å². The Morgan fingerprint density at radius 3 is 2.58 bits per heavy atom. The Hall–Kier alpha value is -1.20. The minimum atomic E-state index is 0.414. The third-order valence-corrected chi connectivity index (χ3v) is 4.38. The number of halogens is 1. The zero-order valence-corrected chi connectivity index (χ0v) is 16.2. The number of nitrogens with two attached hydrogens (primary N) is 1. The van der Waals surface area contributed by atoms with Crippen molar-refractivity contribution in [3.8, 4) is 5.75 Å². The zero-order valence-electron chi connectivity index (χ0n) is 14.6. The molecule has 0 spiro atoms. The maximum absolute atomic E-state index is 6.23. The normalized spacial score (nSPS) is 12.0. The Labute approximate surface area is 154 Å². The highest BCUT2D eigenvalue weighted by Gasteiger charge is 2.01. The van der Waals surface area contributed by atoms with E-state index in [0.717, 1.165) is 24.3 Å². The fraction of sp³-hybridized carbons (Fsp3) is 0.556. The van der Waals surface area contributed by atoms with E-state index in [0.29, 0.717) is 10.2 Å². The fourth-order valence-electron chi connectivity index (χ4n) is 2.14. The van der Waals surface area contributed by atoms with Crippen molar-refractivity contribution in [1.29, 1.82) is 0 Å². The molecule has 0 bridgehead atoms. The quantitative estimate of drug-likeness (QED) is 0.243. The van der Waals surface area contributed by atoms with Gasteiger partial charge in [-0.25, -0.2) is 0 Å². The Bertz CT molecular complexity index is 535. The second kappa shape index (κ2) is 13.1. The van der Waals surface area contributed by atoms with Crippen molar-refractivity contribution in [3.63, 3.8) is 0 Å². The van der Waals surface area contributed by atoms with Gasteiger partial charge in [0, 0.05) is 5.56 Å². The minimum Gasteiger partial charge on any atom is -0.494 e. The van der Waals surface area contributed by atoms with Crippen molar-refractivity contribution in [2.45, 2.75) is 51.9 Å². The van der Waals surface area contributed by atoms with E-state index in [1.165, 1.54) is 50.3 Å². The number of hydrogen-bond acceptors (Lipinski definition) is 4. The van der Waals surface area contributed by atoms with Gasteiger partial charge in [0.2, 0.25) is 0 Å². The average Bonchev–Trinajstić information content (AvgIpc) is 2.58. The molecule has 0 unspecified atom stereocenters. The molecule has 2 N–H and O–H groups in total. The molecule has 0 saturated heterocycles. The first kappa shape index (κ1) is 20.8. The molecule has 0 saturated carbocycles. The molecule has 1 rings (SSSR count). The average molecular weight is 370 g/mol. The van der Waals surface area contributed by atoms with Crippen LogP contribution in [0, 0.1) is 0 Å². The summed E-state index contributed by atoms with van der Waals surface area (Å²) in [6, 6.07) is 5.58. The molecular weight excluding hydrogens is 342 g/mol. The maximum atomic E-state index is 6.23. The van der Waals surface area contributed by atoms with Crippen molar-refractivity contribution in [2.24, 2.45) is 15.9 Å². The van der Waals surface area contributed by atoms with Crippen LogP contribution in [0.5, 0.6) is 5.75 Å². The molecular formula is C18H28ClN3OS. The van der Waals surface area contributed by atoms with Gasteiger partial charge in [-0.1, -0.05) is 68.8 Å². The summed E-state index contributed by atoms with van der Waals surface area (Å²) in [4.78, 5) is 0. The number of ether oxygens (including phenoxy) is 1. The predicted molar refractivity (Wildman–Crippen MR) is 108 cm³/mol. The molecule has 1 aromatic rings. The summed E-state index contributed by atoms with van der Waals surface area (Å²) in [6.07, 6.45) is 12.3. The van der Waals surface area contributed by atoms with Crippen LogP contribution in [0.15, 0.2) is 28.4 Å². The van der Waals surface area contributed by atoms with Crippen LogP contribution in [-0.2, 0) is 0 Å². The summed E-state index contributed by atoms with van der Waals surface area (Å²) in [5.41, 5.74) is 6.35. The molecule has 0 heterocycles. The molecule has 0 aliphatic rings. The van der Waals surface area contributed by atoms with E-state index in [1.54, 1.807) is 6.21 Å². The van der Waals surface area contributed by atoms with E-state index in [-0.39, 0.29) is 0 Å². The zero-order chi connectivity index (χ0) is 17.6. The van der Waals surface area contributed by atoms with Crippen LogP contribution in [-0.4, -0.2) is 24.2 Å². The summed E-state index contributed by atoms with van der Waals surface area (Å²) in [7, 11) is 0. The lowest BCUT2D eigenvalue weighted by molar-refractivity contribution is 0.304. The molecule has 0 aliphatic carbocycles. The fourth-order valence-corrected chi connectivity index (χ4v) is 2.49. The first-order chi connectivity index (χ1) is 11.7. The van der Waals surface area contributed by atoms with Crippen molar-refractivity contribution in [1.82, 2.24) is 0 Å². The van der Waals surface area contributed by atoms with Gasteiger partial charge >= 0.3 is 0 Å². The van der Waals surface area contributed by atoms with Crippen LogP contribution < -0.4 is 10.5 Å². The van der Waals surface area contributed by atoms with Crippen molar-refractivity contribution < 1.29 is 4.74 Å². The highest BCUT2D eigenvalue weighted by atomic mass is 35.5. The molecule has 0 fully saturated rings. The summed E-state index contributed by atoms with van der Waals surface area (Å²) in [6.45, 7) is 2.97. The molecule has 6 heteroatoms. The van der Waals surface area contributed by atoms with Gasteiger partial charge in [0.15, 0.2) is 5.17 Å². The van der Waals surface area contributed by atoms with E-state index in [1.807, 2.05) is 24.5 Å². The molecule has 0 atom stereocenters. The smallest absolute Gasteiger partial charge is 0.180 e. The third-order valence-electron chi connectivity index (χ3n) is 3.55. The largest absolute Gasteiger partial charge is 0.494 e. The molecule has 24 heavy (non-hydrogen) atoms. The predicted octanol–water partition coefficient (Wildman–Crippen LogP) is 5.48. The van der Waals surface area contributed by atoms with Crippen LogP contribution >= 0.6 is 23.4 Å². The van der Waals surface area contributed by atoms with Gasteiger partial charge in [0.05, 0.1) is 17.8 Å². The second-order valence-electron chi connectivity index (χ2n) is 5.54. The van der Waals surface area contributed by atoms with Gasteiger partial charge in [-0.15, -0.1) is 5.10 Å². The number of rotatable bonds is 11. The van der Waals surface area contributed by atoms with E-state index in [2.05, 4.69) is 17.1 Å². The van der Waals surface area contributed by atoms with Gasteiger partial charge in [-0.2, -0.15) is 5.10 Å². The van der Waals surface area contributed by atoms with Crippen molar-refractivity contribution in [2.75, 3.05) is 12.9 Å². The first-order valence-corrected chi connectivity index (χ1v) is 10.1. The molecule has 0 aromatic heterocycles. The molecule has 0 amide bonds. The van der Waals surface area contributed by atoms with Gasteiger partial charge in [-0.05, 0) is 30.9 Å². The summed E-state index contributed by atoms with van der Waals surface area (Å²) < 4.78 is 5.75. The van der Waals surface area contributed by atoms with Gasteiger partial charge < -0.3 is 10.5 Å². The summed E-state index contributed by atoms with van der Waals surface area (Å²) in [5, 5.41) is 8.75. The van der Waals surface area contributed by atoms with E-state index >= 15 is 0 Å². The highest BCUT2D eigenvalue weighted by molar-refractivity contribution is 8.13. The number of amidine groups is 1. The summed E-state index contributed by atoms with van der Waals surface area (Å²) >= 11 is 7.58. The van der Waals surface area contributed by atoms with Crippen molar-refractivity contribution in [3.05, 3.63) is 28.8 Å². The molecule has 0 aliphatic heterocycles. The number of benzene rings is 1. The molecule has 134 valence electrons. The Morgan fingerprint density at radius 1 is 1.21 bits per heavy atom. The Balaban J connectivity index is 2.32. The monoisotopic (exact) mass is 369 g/mol. The van der Waals surface area contributed by atoms with Crippen molar-refractivity contribution >= 4 is 34.7 Å². The van der Waals surface area contributed by atoms with Crippen LogP contribution in [0.25, 0.3) is 0 Å². The van der Waals surface area contributed by atoms with Gasteiger partial charge in [0.25, 0.3) is 0 Å². The van der Waals surface area contributed by atoms with Crippen LogP contribution in [0.1, 0.15) is 57.4 Å². The van der Waals surface area contributed by atoms with E-state index in [4.69, 9.17) is 22.1 Å². The third kappa shape index (κ3) is 9.18. The van der Waals surface area contributed by atoms with E-state index < -0.39 is 0 Å². The number of hydrogen-bond donors (Lipinski definition) is 1. The van der Waals surface area contributed by atoms with E-state index in [9.17, 15) is 0 Å². The second-order valence-corrected chi connectivity index (χ2v) is 6.77. The lowest BCUT2D eigenvalue weighted by Gasteiger charge is -2.07. The number of nitrogens with zero attached hydrogens (tertiary/aromatic N) is 2. The topological polar surface area (TPSA) is 60.0 Å². The van der Waals surface area contributed by atoms with Gasteiger partial charge in [-0.3, -0.25) is 0 Å². The summed E-state index contributed by atoms with van der Waals surface area (Å²) in [5.74, 6) is 0.787. The first-order valence-electron chi connectivity index (χ1n) is 8.50. The Kier molecular flexibility index (Phi) is 11.4. The molecule has 4 nitrogen and oxygen atoms in total. The molecule has 1 aromatic carbocycles. The Morgan fingerprint density at radius 2 is 1.92 bits per heavy atom. The van der Waals surface area contributed by atoms with Crippen LogP contribution in [0.2, 0.25) is 5.02 Å². The number of thioether (sulfide) groups is 1. The van der Waals surface area contributed by atoms with Crippen LogP contribution in [0.4, 0.5) is 0 Å². The minimum absolute atomic E-state index is 0.414. The molecule has 0 radical (unpaired) electrons. The lowest BCUT2D eigenvalue weighted by Crippen LogP contribution is -2.04. The van der Waals surface area contributed by atoms with Crippen LogP contribution in [0.3, 0.4) is 0 Å². The highest BCUT2D eigenvalue weighted by Crippen LogP contribution is 2.22. The SMILES string of the molecule is CCCCCCCCCOc1ccc(/C=N\N=C(/N)SC)c(Cl)c1. The standard InChI is InChI=1S/C18H28ClN3OS/c1-3-4-5-6-7-8-9-12-23-16-11-10-15(17(19)13-16)14-21-22-18(20)24-2/h10-11,13-14H,3-9,12H2,1-2H3,(H2,20,22)/b21-14-. The number of unbranched alkanes of at least 4 members (excludes halogenated alkanes) is 6. The maximum Gasteiger partial charge on any atom is 0.180 e.